The molecular weight excluding hydrogens is 458 g/mol. The molecule has 2 atom stereocenters. The Morgan fingerprint density at radius 1 is 0.800 bits per heavy atom. The first kappa shape index (κ1) is 21.4. The Balaban J connectivity index is 1.72. The highest BCUT2D eigenvalue weighted by molar-refractivity contribution is 7.07. The molecule has 8 heteroatoms. The van der Waals surface area contributed by atoms with E-state index in [1.165, 1.54) is 16.0 Å². The van der Waals surface area contributed by atoms with Gasteiger partial charge < -0.3 is 0 Å². The van der Waals surface area contributed by atoms with Crippen molar-refractivity contribution < 1.29 is 4.79 Å². The fraction of sp³-hybridized carbons (Fsp3) is 0.148. The third-order valence-corrected chi connectivity index (χ3v) is 7.84. The standard InChI is InChI=1S/C27H23N5O2S/c1-30-25(34)31(2)27(21-16-10-5-11-17-21)26(30,20-14-8-4-9-15-20)28-24-32(29-27)23(33)22(35-24)18-19-12-6-3-7-13-19/h3-18,29H,1-2H3/b22-18+/t26-,27-/m0/s1. The summed E-state index contributed by atoms with van der Waals surface area (Å²) in [5.74, 6) is 0. The van der Waals surface area contributed by atoms with Gasteiger partial charge in [-0.3, -0.25) is 20.0 Å². The number of aromatic nitrogens is 1. The van der Waals surface area contributed by atoms with E-state index in [-0.39, 0.29) is 11.6 Å². The van der Waals surface area contributed by atoms with Gasteiger partial charge in [0.1, 0.15) is 0 Å². The summed E-state index contributed by atoms with van der Waals surface area (Å²) < 4.78 is 2.04. The second kappa shape index (κ2) is 7.68. The van der Waals surface area contributed by atoms with Crippen molar-refractivity contribution in [1.82, 2.24) is 14.5 Å². The number of rotatable bonds is 3. The van der Waals surface area contributed by atoms with Crippen molar-refractivity contribution in [2.45, 2.75) is 11.3 Å². The van der Waals surface area contributed by atoms with E-state index in [0.717, 1.165) is 16.7 Å². The fourth-order valence-corrected chi connectivity index (χ4v) is 6.18. The number of carbonyl (C=O) groups excluding carboxylic acids is 1. The van der Waals surface area contributed by atoms with Crippen molar-refractivity contribution in [1.29, 1.82) is 0 Å². The molecule has 0 radical (unpaired) electrons. The van der Waals surface area contributed by atoms with Gasteiger partial charge in [-0.15, -0.1) is 0 Å². The summed E-state index contributed by atoms with van der Waals surface area (Å²) in [7, 11) is 3.51. The molecule has 35 heavy (non-hydrogen) atoms. The van der Waals surface area contributed by atoms with E-state index in [9.17, 15) is 9.59 Å². The first-order valence-electron chi connectivity index (χ1n) is 11.3. The number of thiazole rings is 1. The number of amides is 2. The molecular formula is C27H23N5O2S. The number of hydrogen-bond acceptors (Lipinski definition) is 5. The van der Waals surface area contributed by atoms with Gasteiger partial charge in [-0.05, 0) is 11.6 Å². The highest BCUT2D eigenvalue weighted by Gasteiger charge is 2.69. The van der Waals surface area contributed by atoms with Gasteiger partial charge >= 0.3 is 6.03 Å². The van der Waals surface area contributed by atoms with Crippen LogP contribution in [0.2, 0.25) is 0 Å². The van der Waals surface area contributed by atoms with Crippen LogP contribution < -0.4 is 20.3 Å². The van der Waals surface area contributed by atoms with E-state index in [0.29, 0.717) is 9.33 Å². The van der Waals surface area contributed by atoms with Crippen LogP contribution in [-0.2, 0) is 11.3 Å². The Morgan fingerprint density at radius 3 is 2.00 bits per heavy atom. The van der Waals surface area contributed by atoms with Gasteiger partial charge in [0.25, 0.3) is 5.56 Å². The summed E-state index contributed by atoms with van der Waals surface area (Å²) in [6.45, 7) is 0. The highest BCUT2D eigenvalue weighted by atomic mass is 32.1. The molecule has 0 saturated carbocycles. The predicted molar refractivity (Wildman–Crippen MR) is 136 cm³/mol. The van der Waals surface area contributed by atoms with Crippen molar-refractivity contribution >= 4 is 23.4 Å². The molecule has 7 nitrogen and oxygen atoms in total. The fourth-order valence-electron chi connectivity index (χ4n) is 5.22. The first-order chi connectivity index (χ1) is 17.0. The topological polar surface area (TPSA) is 69.9 Å². The maximum Gasteiger partial charge on any atom is 0.324 e. The molecule has 0 aliphatic carbocycles. The van der Waals surface area contributed by atoms with Crippen molar-refractivity contribution in [3.8, 4) is 0 Å². The van der Waals surface area contributed by atoms with Crippen molar-refractivity contribution in [2.75, 3.05) is 19.5 Å². The number of nitrogens with zero attached hydrogens (tertiary/aromatic N) is 4. The number of nitrogens with one attached hydrogen (secondary N) is 1. The van der Waals surface area contributed by atoms with Gasteiger partial charge in [0.05, 0.1) is 4.53 Å². The lowest BCUT2D eigenvalue weighted by Crippen LogP contribution is -2.67. The average Bonchev–Trinajstić information content (AvgIpc) is 3.29. The lowest BCUT2D eigenvalue weighted by molar-refractivity contribution is 0.0648. The third kappa shape index (κ3) is 2.80. The van der Waals surface area contributed by atoms with Gasteiger partial charge in [-0.1, -0.05) is 102 Å². The molecule has 2 aliphatic rings. The van der Waals surface area contributed by atoms with Gasteiger partial charge in [0.2, 0.25) is 16.1 Å². The zero-order valence-electron chi connectivity index (χ0n) is 19.3. The number of likely N-dealkylation sites (N-methyl/N-ethyl adjacent to an activating group) is 2. The summed E-state index contributed by atoms with van der Waals surface area (Å²) >= 11 is 1.31. The van der Waals surface area contributed by atoms with Gasteiger partial charge in [-0.2, -0.15) is 4.68 Å². The lowest BCUT2D eigenvalue weighted by atomic mass is 9.80. The van der Waals surface area contributed by atoms with Crippen LogP contribution >= 0.6 is 11.3 Å². The van der Waals surface area contributed by atoms with Crippen molar-refractivity contribution in [3.05, 3.63) is 127 Å². The smallest absolute Gasteiger partial charge is 0.295 e. The average molecular weight is 482 g/mol. The molecule has 4 aromatic rings. The maximum absolute atomic E-state index is 13.6. The molecule has 1 fully saturated rings. The van der Waals surface area contributed by atoms with E-state index in [2.05, 4.69) is 5.43 Å². The normalized spacial score (nSPS) is 23.5. The number of benzene rings is 3. The molecule has 1 N–H and O–H groups in total. The van der Waals surface area contributed by atoms with E-state index >= 15 is 0 Å². The number of hydrogen-bond donors (Lipinski definition) is 1. The molecule has 1 aromatic heterocycles. The Morgan fingerprint density at radius 2 is 1.37 bits per heavy atom. The molecule has 0 unspecified atom stereocenters. The zero-order valence-corrected chi connectivity index (χ0v) is 20.1. The highest BCUT2D eigenvalue weighted by Crippen LogP contribution is 2.53. The molecule has 3 heterocycles. The minimum Gasteiger partial charge on any atom is -0.295 e. The van der Waals surface area contributed by atoms with Crippen LogP contribution in [0.3, 0.4) is 0 Å². The molecule has 2 aliphatic heterocycles. The Hall–Kier alpha value is -4.17. The van der Waals surface area contributed by atoms with E-state index in [4.69, 9.17) is 4.99 Å². The SMILES string of the molecule is CN1C(=O)N(C)[C@]2(c3ccccc3)Nn3c(s/c(=C/c4ccccc4)c3=O)=N[C@@]12c1ccccc1. The molecule has 6 rings (SSSR count). The van der Waals surface area contributed by atoms with Crippen LogP contribution in [0.5, 0.6) is 0 Å². The number of carbonyl (C=O) groups is 1. The summed E-state index contributed by atoms with van der Waals surface area (Å²) in [5.41, 5.74) is 3.56. The Labute approximate surface area is 205 Å². The second-order valence-corrected chi connectivity index (χ2v) is 9.69. The van der Waals surface area contributed by atoms with E-state index < -0.39 is 11.3 Å². The minimum atomic E-state index is -1.16. The summed E-state index contributed by atoms with van der Waals surface area (Å²) in [6, 6.07) is 29.0. The van der Waals surface area contributed by atoms with Crippen molar-refractivity contribution in [3.63, 3.8) is 0 Å². The van der Waals surface area contributed by atoms with Crippen LogP contribution in [0.25, 0.3) is 6.08 Å². The number of urea groups is 1. The van der Waals surface area contributed by atoms with Crippen LogP contribution in [0, 0.1) is 0 Å². The van der Waals surface area contributed by atoms with Crippen LogP contribution in [-0.4, -0.2) is 34.6 Å². The maximum atomic E-state index is 13.6. The van der Waals surface area contributed by atoms with Gasteiger partial charge in [0, 0.05) is 25.2 Å². The molecule has 3 aromatic carbocycles. The van der Waals surface area contributed by atoms with Crippen LogP contribution in [0.15, 0.2) is 101 Å². The molecule has 0 spiro atoms. The monoisotopic (exact) mass is 481 g/mol. The predicted octanol–water partition coefficient (Wildman–Crippen LogP) is 2.62. The summed E-state index contributed by atoms with van der Waals surface area (Å²) in [6.07, 6.45) is 1.87. The number of fused-ring (bicyclic) bond motifs is 2. The second-order valence-electron chi connectivity index (χ2n) is 8.68. The lowest BCUT2D eigenvalue weighted by Gasteiger charge is -2.49. The first-order valence-corrected chi connectivity index (χ1v) is 12.1. The Bertz CT molecular complexity index is 1600. The molecule has 2 amide bonds. The van der Waals surface area contributed by atoms with Crippen LogP contribution in [0.1, 0.15) is 16.7 Å². The summed E-state index contributed by atoms with van der Waals surface area (Å²) in [4.78, 5) is 36.2. The largest absolute Gasteiger partial charge is 0.324 e. The van der Waals surface area contributed by atoms with E-state index in [1.54, 1.807) is 23.9 Å². The van der Waals surface area contributed by atoms with Gasteiger partial charge in [0.15, 0.2) is 0 Å². The quantitative estimate of drug-likeness (QED) is 0.489. The molecule has 174 valence electrons. The molecule has 1 saturated heterocycles. The third-order valence-electron chi connectivity index (χ3n) is 6.87. The van der Waals surface area contributed by atoms with E-state index in [1.807, 2.05) is 97.1 Å². The van der Waals surface area contributed by atoms with Gasteiger partial charge in [-0.25, -0.2) is 9.79 Å². The minimum absolute atomic E-state index is 0.201. The van der Waals surface area contributed by atoms with Crippen LogP contribution in [0.4, 0.5) is 4.79 Å². The zero-order chi connectivity index (χ0) is 24.2. The summed E-state index contributed by atoms with van der Waals surface area (Å²) in [5, 5.41) is 0. The van der Waals surface area contributed by atoms with Crippen molar-refractivity contribution in [2.24, 2.45) is 4.99 Å². The molecule has 0 bridgehead atoms. The Kier molecular flexibility index (Phi) is 4.69.